The second-order valence-electron chi connectivity index (χ2n) is 4.37. The molecule has 0 amide bonds. The van der Waals surface area contributed by atoms with Gasteiger partial charge in [-0.2, -0.15) is 0 Å². The minimum atomic E-state index is -0.254. The van der Waals surface area contributed by atoms with Crippen molar-refractivity contribution in [2.24, 2.45) is 5.92 Å². The van der Waals surface area contributed by atoms with Gasteiger partial charge < -0.3 is 10.1 Å². The van der Waals surface area contributed by atoms with Gasteiger partial charge in [-0.15, -0.1) is 0 Å². The van der Waals surface area contributed by atoms with Crippen LogP contribution in [0.3, 0.4) is 0 Å². The first kappa shape index (κ1) is 12.0. The monoisotopic (exact) mass is 234 g/mol. The van der Waals surface area contributed by atoms with Gasteiger partial charge in [-0.3, -0.25) is 4.98 Å². The number of carbonyl (C=O) groups excluding carboxylic acids is 1. The maximum Gasteiger partial charge on any atom is 0.338 e. The minimum Gasteiger partial charge on any atom is -0.462 e. The molecule has 92 valence electrons. The molecule has 0 aromatic carbocycles. The van der Waals surface area contributed by atoms with Crippen LogP contribution in [-0.2, 0) is 4.74 Å². The van der Waals surface area contributed by atoms with Crippen molar-refractivity contribution in [1.82, 2.24) is 10.3 Å². The Morgan fingerprint density at radius 1 is 1.47 bits per heavy atom. The first-order chi connectivity index (χ1) is 8.36. The van der Waals surface area contributed by atoms with E-state index in [4.69, 9.17) is 4.74 Å². The molecule has 0 aliphatic carbocycles. The van der Waals surface area contributed by atoms with Crippen molar-refractivity contribution in [3.8, 4) is 0 Å². The topological polar surface area (TPSA) is 51.2 Å². The molecule has 0 bridgehead atoms. The summed E-state index contributed by atoms with van der Waals surface area (Å²) < 4.78 is 5.24. The SMILES string of the molecule is O=C(OCC[C@H]1CCCNC1)c1ccncc1. The maximum absolute atomic E-state index is 11.6. The van der Waals surface area contributed by atoms with E-state index in [1.807, 2.05) is 0 Å². The molecule has 1 aromatic rings. The van der Waals surface area contributed by atoms with E-state index >= 15 is 0 Å². The Morgan fingerprint density at radius 2 is 2.29 bits per heavy atom. The second-order valence-corrected chi connectivity index (χ2v) is 4.37. The lowest BCUT2D eigenvalue weighted by molar-refractivity contribution is 0.0477. The zero-order valence-corrected chi connectivity index (χ0v) is 9.89. The van der Waals surface area contributed by atoms with Crippen LogP contribution in [0, 0.1) is 5.92 Å². The Morgan fingerprint density at radius 3 is 3.00 bits per heavy atom. The van der Waals surface area contributed by atoms with Crippen molar-refractivity contribution in [1.29, 1.82) is 0 Å². The summed E-state index contributed by atoms with van der Waals surface area (Å²) in [4.78, 5) is 15.5. The van der Waals surface area contributed by atoms with E-state index in [2.05, 4.69) is 10.3 Å². The Labute approximate surface area is 101 Å². The van der Waals surface area contributed by atoms with Gasteiger partial charge in [0.25, 0.3) is 0 Å². The maximum atomic E-state index is 11.6. The fraction of sp³-hybridized carbons (Fsp3) is 0.538. The standard InChI is InChI=1S/C13H18N2O2/c16-13(12-3-7-14-8-4-12)17-9-5-11-2-1-6-15-10-11/h3-4,7-8,11,15H,1-2,5-6,9-10H2/t11-/m1/s1. The lowest BCUT2D eigenvalue weighted by Gasteiger charge is -2.22. The number of rotatable bonds is 4. The predicted octanol–water partition coefficient (Wildman–Crippen LogP) is 1.63. The van der Waals surface area contributed by atoms with Gasteiger partial charge in [0.2, 0.25) is 0 Å². The largest absolute Gasteiger partial charge is 0.462 e. The first-order valence-electron chi connectivity index (χ1n) is 6.14. The van der Waals surface area contributed by atoms with Gasteiger partial charge in [-0.25, -0.2) is 4.79 Å². The minimum absolute atomic E-state index is 0.254. The number of carbonyl (C=O) groups is 1. The number of pyridine rings is 1. The number of aromatic nitrogens is 1. The van der Waals surface area contributed by atoms with Gasteiger partial charge in [0.05, 0.1) is 12.2 Å². The third-order valence-corrected chi connectivity index (χ3v) is 3.07. The summed E-state index contributed by atoms with van der Waals surface area (Å²) in [6.45, 7) is 2.67. The van der Waals surface area contributed by atoms with E-state index in [9.17, 15) is 4.79 Å². The van der Waals surface area contributed by atoms with Crippen LogP contribution in [0.2, 0.25) is 0 Å². The quantitative estimate of drug-likeness (QED) is 0.804. The summed E-state index contributed by atoms with van der Waals surface area (Å²) in [6.07, 6.45) is 6.61. The van der Waals surface area contributed by atoms with Crippen LogP contribution >= 0.6 is 0 Å². The van der Waals surface area contributed by atoms with Gasteiger partial charge in [0.15, 0.2) is 0 Å². The second kappa shape index (κ2) is 6.35. The molecule has 0 saturated carbocycles. The number of hydrogen-bond acceptors (Lipinski definition) is 4. The van der Waals surface area contributed by atoms with E-state index in [0.29, 0.717) is 18.1 Å². The molecule has 17 heavy (non-hydrogen) atoms. The zero-order valence-electron chi connectivity index (χ0n) is 9.89. The highest BCUT2D eigenvalue weighted by atomic mass is 16.5. The molecule has 0 radical (unpaired) electrons. The average molecular weight is 234 g/mol. The molecular formula is C13H18N2O2. The lowest BCUT2D eigenvalue weighted by Crippen LogP contribution is -2.30. The van der Waals surface area contributed by atoms with Crippen LogP contribution in [0.5, 0.6) is 0 Å². The van der Waals surface area contributed by atoms with Crippen LogP contribution in [0.4, 0.5) is 0 Å². The van der Waals surface area contributed by atoms with Crippen LogP contribution < -0.4 is 5.32 Å². The van der Waals surface area contributed by atoms with Crippen molar-refractivity contribution in [3.63, 3.8) is 0 Å². The molecule has 1 saturated heterocycles. The summed E-state index contributed by atoms with van der Waals surface area (Å²) >= 11 is 0. The van der Waals surface area contributed by atoms with Crippen molar-refractivity contribution < 1.29 is 9.53 Å². The van der Waals surface area contributed by atoms with Crippen LogP contribution in [-0.4, -0.2) is 30.6 Å². The molecule has 1 aliphatic heterocycles. The van der Waals surface area contributed by atoms with Crippen molar-refractivity contribution in [3.05, 3.63) is 30.1 Å². The van der Waals surface area contributed by atoms with Gasteiger partial charge in [0.1, 0.15) is 0 Å². The van der Waals surface area contributed by atoms with Gasteiger partial charge in [0, 0.05) is 12.4 Å². The highest BCUT2D eigenvalue weighted by Gasteiger charge is 2.13. The third-order valence-electron chi connectivity index (χ3n) is 3.07. The summed E-state index contributed by atoms with van der Waals surface area (Å²) in [6, 6.07) is 3.34. The van der Waals surface area contributed by atoms with Gasteiger partial charge in [-0.05, 0) is 50.4 Å². The molecule has 2 heterocycles. The number of ether oxygens (including phenoxy) is 1. The smallest absolute Gasteiger partial charge is 0.338 e. The number of hydrogen-bond donors (Lipinski definition) is 1. The zero-order chi connectivity index (χ0) is 11.9. The van der Waals surface area contributed by atoms with E-state index < -0.39 is 0 Å². The van der Waals surface area contributed by atoms with Gasteiger partial charge >= 0.3 is 5.97 Å². The van der Waals surface area contributed by atoms with Crippen molar-refractivity contribution in [2.75, 3.05) is 19.7 Å². The normalized spacial score (nSPS) is 19.9. The lowest BCUT2D eigenvalue weighted by atomic mass is 9.97. The Bertz CT molecular complexity index is 348. The van der Waals surface area contributed by atoms with Crippen LogP contribution in [0.15, 0.2) is 24.5 Å². The molecule has 1 fully saturated rings. The summed E-state index contributed by atoms with van der Waals surface area (Å²) in [5.41, 5.74) is 0.571. The highest BCUT2D eigenvalue weighted by Crippen LogP contribution is 2.14. The fourth-order valence-electron chi connectivity index (χ4n) is 2.06. The average Bonchev–Trinajstić information content (AvgIpc) is 2.41. The van der Waals surface area contributed by atoms with E-state index in [-0.39, 0.29) is 5.97 Å². The van der Waals surface area contributed by atoms with Crippen LogP contribution in [0.25, 0.3) is 0 Å². The Balaban J connectivity index is 1.69. The first-order valence-corrected chi connectivity index (χ1v) is 6.14. The number of nitrogens with one attached hydrogen (secondary N) is 1. The molecule has 4 nitrogen and oxygen atoms in total. The van der Waals surface area contributed by atoms with Crippen molar-refractivity contribution >= 4 is 5.97 Å². The fourth-order valence-corrected chi connectivity index (χ4v) is 2.06. The van der Waals surface area contributed by atoms with Gasteiger partial charge in [-0.1, -0.05) is 0 Å². The molecule has 4 heteroatoms. The molecule has 1 atom stereocenters. The van der Waals surface area contributed by atoms with E-state index in [1.165, 1.54) is 12.8 Å². The number of esters is 1. The molecule has 1 aromatic heterocycles. The number of piperidine rings is 1. The van der Waals surface area contributed by atoms with Crippen LogP contribution in [0.1, 0.15) is 29.6 Å². The molecule has 1 N–H and O–H groups in total. The van der Waals surface area contributed by atoms with E-state index in [0.717, 1.165) is 19.5 Å². The summed E-state index contributed by atoms with van der Waals surface area (Å²) in [7, 11) is 0. The summed E-state index contributed by atoms with van der Waals surface area (Å²) in [5.74, 6) is 0.394. The molecule has 0 spiro atoms. The third kappa shape index (κ3) is 3.82. The summed E-state index contributed by atoms with van der Waals surface area (Å²) in [5, 5.41) is 3.36. The predicted molar refractivity (Wildman–Crippen MR) is 64.7 cm³/mol. The van der Waals surface area contributed by atoms with Crippen molar-refractivity contribution in [2.45, 2.75) is 19.3 Å². The Kier molecular flexibility index (Phi) is 4.50. The highest BCUT2D eigenvalue weighted by molar-refractivity contribution is 5.89. The Hall–Kier alpha value is -1.42. The molecule has 2 rings (SSSR count). The molecular weight excluding hydrogens is 216 g/mol. The molecule has 1 aliphatic rings. The molecule has 0 unspecified atom stereocenters. The van der Waals surface area contributed by atoms with E-state index in [1.54, 1.807) is 24.5 Å². The number of nitrogens with zero attached hydrogens (tertiary/aromatic N) is 1.